The maximum absolute atomic E-state index is 13.3. The van der Waals surface area contributed by atoms with E-state index in [2.05, 4.69) is 0 Å². The van der Waals surface area contributed by atoms with E-state index in [9.17, 15) is 31.1 Å². The first kappa shape index (κ1) is 20.3. The van der Waals surface area contributed by atoms with Gasteiger partial charge in [-0.3, -0.25) is 0 Å². The molecule has 0 atom stereocenters. The molecule has 27 heavy (non-hydrogen) atoms. The largest absolute Gasteiger partial charge is 0.478 e. The molecule has 1 N–H and O–H groups in total. The van der Waals surface area contributed by atoms with Crippen LogP contribution in [0, 0.1) is 0 Å². The highest BCUT2D eigenvalue weighted by Crippen LogP contribution is 2.38. The third-order valence-corrected chi connectivity index (χ3v) is 3.52. The maximum Gasteiger partial charge on any atom is 0.417 e. The van der Waals surface area contributed by atoms with E-state index < -0.39 is 40.6 Å². The molecule has 0 aliphatic heterocycles. The Morgan fingerprint density at radius 1 is 0.926 bits per heavy atom. The lowest BCUT2D eigenvalue weighted by Crippen LogP contribution is -2.12. The molecule has 144 valence electrons. The number of hydrogen-bond donors (Lipinski definition) is 1. The molecule has 0 radical (unpaired) electrons. The fourth-order valence-corrected chi connectivity index (χ4v) is 2.30. The summed E-state index contributed by atoms with van der Waals surface area (Å²) in [7, 11) is 0. The molecule has 0 saturated carbocycles. The van der Waals surface area contributed by atoms with Crippen molar-refractivity contribution in [3.8, 4) is 11.5 Å². The summed E-state index contributed by atoms with van der Waals surface area (Å²) in [5.74, 6) is -1.93. The number of alkyl halides is 6. The number of aliphatic carboxylic acids is 1. The molecule has 0 heterocycles. The zero-order chi connectivity index (χ0) is 20.4. The Morgan fingerprint density at radius 2 is 1.48 bits per heavy atom. The summed E-state index contributed by atoms with van der Waals surface area (Å²) in [5.41, 5.74) is -3.25. The first-order valence-corrected chi connectivity index (χ1v) is 7.40. The molecule has 0 aliphatic rings. The summed E-state index contributed by atoms with van der Waals surface area (Å²) in [6.45, 7) is 1.29. The van der Waals surface area contributed by atoms with Gasteiger partial charge in [0.1, 0.15) is 11.5 Å². The molecule has 3 nitrogen and oxygen atoms in total. The Kier molecular flexibility index (Phi) is 5.53. The Balaban J connectivity index is 2.41. The van der Waals surface area contributed by atoms with Crippen LogP contribution in [0.3, 0.4) is 0 Å². The number of benzene rings is 2. The van der Waals surface area contributed by atoms with E-state index >= 15 is 0 Å². The van der Waals surface area contributed by atoms with Gasteiger partial charge in [0.25, 0.3) is 0 Å². The predicted molar refractivity (Wildman–Crippen MR) is 84.2 cm³/mol. The fraction of sp³-hybridized carbons (Fsp3) is 0.167. The van der Waals surface area contributed by atoms with Crippen molar-refractivity contribution in [1.82, 2.24) is 0 Å². The molecule has 0 unspecified atom stereocenters. The summed E-state index contributed by atoms with van der Waals surface area (Å²) in [6.07, 6.45) is -8.38. The second-order valence-corrected chi connectivity index (χ2v) is 5.34. The highest BCUT2D eigenvalue weighted by Gasteiger charge is 2.35. The second-order valence-electron chi connectivity index (χ2n) is 5.34. The topological polar surface area (TPSA) is 46.5 Å². The molecule has 0 saturated heterocycles. The zero-order valence-corrected chi connectivity index (χ0v) is 13.7. The van der Waals surface area contributed by atoms with Crippen molar-refractivity contribution in [3.63, 3.8) is 0 Å². The molecule has 2 rings (SSSR count). The summed E-state index contributed by atoms with van der Waals surface area (Å²) in [6, 6.07) is 6.05. The monoisotopic (exact) mass is 390 g/mol. The number of ether oxygens (including phenoxy) is 1. The summed E-state index contributed by atoms with van der Waals surface area (Å²) >= 11 is 0. The SMILES string of the molecule is CC=C(C(=O)O)c1ccc(Oc2ccc(C(F)(F)F)cc2)cc1C(F)(F)F. The first-order chi connectivity index (χ1) is 12.4. The normalized spacial score (nSPS) is 12.8. The van der Waals surface area contributed by atoms with E-state index in [4.69, 9.17) is 9.84 Å². The van der Waals surface area contributed by atoms with Gasteiger partial charge in [0.2, 0.25) is 0 Å². The lowest BCUT2D eigenvalue weighted by molar-refractivity contribution is -0.138. The van der Waals surface area contributed by atoms with Crippen LogP contribution in [0.25, 0.3) is 5.57 Å². The van der Waals surface area contributed by atoms with Crippen molar-refractivity contribution in [2.45, 2.75) is 19.3 Å². The van der Waals surface area contributed by atoms with Gasteiger partial charge < -0.3 is 9.84 Å². The Morgan fingerprint density at radius 3 is 1.93 bits per heavy atom. The van der Waals surface area contributed by atoms with Crippen LogP contribution < -0.4 is 4.74 Å². The van der Waals surface area contributed by atoms with Gasteiger partial charge in [0.05, 0.1) is 16.7 Å². The van der Waals surface area contributed by atoms with Gasteiger partial charge in [-0.1, -0.05) is 6.08 Å². The maximum atomic E-state index is 13.3. The minimum Gasteiger partial charge on any atom is -0.478 e. The van der Waals surface area contributed by atoms with Gasteiger partial charge in [0, 0.05) is 5.56 Å². The molecular weight excluding hydrogens is 378 g/mol. The van der Waals surface area contributed by atoms with E-state index in [1.807, 2.05) is 0 Å². The Hall–Kier alpha value is -2.97. The first-order valence-electron chi connectivity index (χ1n) is 7.40. The van der Waals surface area contributed by atoms with Crippen molar-refractivity contribution in [2.24, 2.45) is 0 Å². The molecular formula is C18H12F6O3. The number of halogens is 6. The smallest absolute Gasteiger partial charge is 0.417 e. The van der Waals surface area contributed by atoms with Crippen LogP contribution in [0.4, 0.5) is 26.3 Å². The van der Waals surface area contributed by atoms with Gasteiger partial charge in [-0.2, -0.15) is 26.3 Å². The second kappa shape index (κ2) is 7.34. The number of carboxylic acid groups (broad SMARTS) is 1. The van der Waals surface area contributed by atoms with Crippen molar-refractivity contribution in [2.75, 3.05) is 0 Å². The van der Waals surface area contributed by atoms with E-state index in [-0.39, 0.29) is 11.5 Å². The molecule has 9 heteroatoms. The quantitative estimate of drug-likeness (QED) is 0.514. The fourth-order valence-electron chi connectivity index (χ4n) is 2.30. The number of rotatable bonds is 4. The highest BCUT2D eigenvalue weighted by atomic mass is 19.4. The lowest BCUT2D eigenvalue weighted by atomic mass is 9.98. The molecule has 2 aromatic carbocycles. The highest BCUT2D eigenvalue weighted by molar-refractivity contribution is 6.15. The van der Waals surface area contributed by atoms with E-state index in [0.29, 0.717) is 6.07 Å². The Bertz CT molecular complexity index is 864. The van der Waals surface area contributed by atoms with Crippen molar-refractivity contribution < 1.29 is 41.0 Å². The minimum atomic E-state index is -4.86. The van der Waals surface area contributed by atoms with Crippen LogP contribution >= 0.6 is 0 Å². The van der Waals surface area contributed by atoms with Crippen LogP contribution in [0.5, 0.6) is 11.5 Å². The van der Waals surface area contributed by atoms with Crippen LogP contribution in [-0.4, -0.2) is 11.1 Å². The summed E-state index contributed by atoms with van der Waals surface area (Å²) in [4.78, 5) is 11.1. The van der Waals surface area contributed by atoms with Gasteiger partial charge in [-0.25, -0.2) is 4.79 Å². The number of hydrogen-bond acceptors (Lipinski definition) is 2. The van der Waals surface area contributed by atoms with Crippen molar-refractivity contribution in [3.05, 3.63) is 65.2 Å². The molecule has 0 aliphatic carbocycles. The van der Waals surface area contributed by atoms with E-state index in [1.165, 1.54) is 6.92 Å². The average Bonchev–Trinajstić information content (AvgIpc) is 2.55. The van der Waals surface area contributed by atoms with Crippen LogP contribution in [0.15, 0.2) is 48.5 Å². The van der Waals surface area contributed by atoms with Gasteiger partial charge in [-0.15, -0.1) is 0 Å². The molecule has 2 aromatic rings. The van der Waals surface area contributed by atoms with Gasteiger partial charge in [0.15, 0.2) is 0 Å². The van der Waals surface area contributed by atoms with Gasteiger partial charge >= 0.3 is 18.3 Å². The van der Waals surface area contributed by atoms with Gasteiger partial charge in [-0.05, 0) is 49.4 Å². The molecule has 0 bridgehead atoms. The molecule has 0 aromatic heterocycles. The third kappa shape index (κ3) is 4.81. The van der Waals surface area contributed by atoms with Crippen LogP contribution in [0.2, 0.25) is 0 Å². The zero-order valence-electron chi connectivity index (χ0n) is 13.7. The average molecular weight is 390 g/mol. The standard InChI is InChI=1S/C18H12F6O3/c1-2-13(16(25)26)14-8-7-12(9-15(14)18(22,23)24)27-11-5-3-10(4-6-11)17(19,20)21/h2-9H,1H3,(H,25,26). The van der Waals surface area contributed by atoms with Crippen molar-refractivity contribution in [1.29, 1.82) is 0 Å². The number of allylic oxidation sites excluding steroid dienone is 1. The Labute approximate surface area is 149 Å². The van der Waals surface area contributed by atoms with Crippen LogP contribution in [0.1, 0.15) is 23.6 Å². The van der Waals surface area contributed by atoms with E-state index in [1.54, 1.807) is 0 Å². The summed E-state index contributed by atoms with van der Waals surface area (Å²) in [5, 5.41) is 9.05. The van der Waals surface area contributed by atoms with Crippen LogP contribution in [-0.2, 0) is 17.1 Å². The molecule has 0 spiro atoms. The van der Waals surface area contributed by atoms with E-state index in [0.717, 1.165) is 42.5 Å². The number of carbonyl (C=O) groups is 1. The number of carboxylic acids is 1. The lowest BCUT2D eigenvalue weighted by Gasteiger charge is -2.15. The summed E-state index contributed by atoms with van der Waals surface area (Å²) < 4.78 is 82.7. The molecule has 0 fully saturated rings. The van der Waals surface area contributed by atoms with Crippen molar-refractivity contribution >= 4 is 11.5 Å². The third-order valence-electron chi connectivity index (χ3n) is 3.52. The predicted octanol–water partition coefficient (Wildman–Crippen LogP) is 6.00. The minimum absolute atomic E-state index is 0.103. The molecule has 0 amide bonds.